The SMILES string of the molecule is CC1C[C@]2(CO)OC[C@H]1[C@@H]2O. The van der Waals surface area contributed by atoms with E-state index >= 15 is 0 Å². The molecule has 1 aliphatic heterocycles. The summed E-state index contributed by atoms with van der Waals surface area (Å²) in [7, 11) is 0. The number of fused-ring (bicyclic) bond motifs is 2. The Kier molecular flexibility index (Phi) is 1.50. The van der Waals surface area contributed by atoms with Gasteiger partial charge in [0.2, 0.25) is 0 Å². The van der Waals surface area contributed by atoms with Crippen molar-refractivity contribution in [3.05, 3.63) is 0 Å². The smallest absolute Gasteiger partial charge is 0.117 e. The maximum atomic E-state index is 9.66. The van der Waals surface area contributed by atoms with E-state index in [2.05, 4.69) is 6.92 Å². The summed E-state index contributed by atoms with van der Waals surface area (Å²) in [6.07, 6.45) is 0.359. The van der Waals surface area contributed by atoms with E-state index in [1.54, 1.807) is 0 Å². The third kappa shape index (κ3) is 0.789. The van der Waals surface area contributed by atoms with Crippen LogP contribution in [0.5, 0.6) is 0 Å². The Morgan fingerprint density at radius 3 is 2.64 bits per heavy atom. The molecule has 2 rings (SSSR count). The van der Waals surface area contributed by atoms with Gasteiger partial charge in [-0.3, -0.25) is 0 Å². The Balaban J connectivity index is 2.24. The van der Waals surface area contributed by atoms with Crippen molar-refractivity contribution in [2.75, 3.05) is 13.2 Å². The van der Waals surface area contributed by atoms with Gasteiger partial charge in [-0.25, -0.2) is 0 Å². The van der Waals surface area contributed by atoms with Crippen LogP contribution in [0.1, 0.15) is 13.3 Å². The molecule has 2 bridgehead atoms. The van der Waals surface area contributed by atoms with Gasteiger partial charge in [-0.2, -0.15) is 0 Å². The van der Waals surface area contributed by atoms with E-state index in [9.17, 15) is 5.11 Å². The molecule has 3 nitrogen and oxygen atoms in total. The molecular formula is C8H14O3. The van der Waals surface area contributed by atoms with Crippen LogP contribution in [0, 0.1) is 11.8 Å². The zero-order chi connectivity index (χ0) is 8.06. The van der Waals surface area contributed by atoms with Crippen LogP contribution in [-0.4, -0.2) is 35.1 Å². The highest BCUT2D eigenvalue weighted by Gasteiger charge is 2.57. The van der Waals surface area contributed by atoms with Crippen LogP contribution >= 0.6 is 0 Å². The molecule has 0 aromatic carbocycles. The summed E-state index contributed by atoms with van der Waals surface area (Å²) in [4.78, 5) is 0. The molecule has 1 unspecified atom stereocenters. The van der Waals surface area contributed by atoms with Crippen LogP contribution < -0.4 is 0 Å². The molecular weight excluding hydrogens is 144 g/mol. The van der Waals surface area contributed by atoms with Crippen LogP contribution in [0.25, 0.3) is 0 Å². The van der Waals surface area contributed by atoms with Gasteiger partial charge in [-0.1, -0.05) is 6.92 Å². The van der Waals surface area contributed by atoms with Crippen molar-refractivity contribution in [1.82, 2.24) is 0 Å². The molecule has 1 aliphatic carbocycles. The Hall–Kier alpha value is -0.120. The van der Waals surface area contributed by atoms with E-state index in [1.165, 1.54) is 0 Å². The molecule has 1 heterocycles. The minimum Gasteiger partial charge on any atom is -0.393 e. The molecule has 64 valence electrons. The van der Waals surface area contributed by atoms with Crippen molar-refractivity contribution in [2.24, 2.45) is 11.8 Å². The zero-order valence-corrected chi connectivity index (χ0v) is 6.66. The van der Waals surface area contributed by atoms with E-state index in [0.717, 1.165) is 6.42 Å². The maximum Gasteiger partial charge on any atom is 0.117 e. The molecule has 11 heavy (non-hydrogen) atoms. The van der Waals surface area contributed by atoms with Gasteiger partial charge in [0.05, 0.1) is 19.3 Å². The first-order valence-electron chi connectivity index (χ1n) is 4.12. The molecule has 1 saturated heterocycles. The van der Waals surface area contributed by atoms with Crippen molar-refractivity contribution < 1.29 is 14.9 Å². The minimum absolute atomic E-state index is 0.0466. The molecule has 2 fully saturated rings. The molecule has 3 heteroatoms. The van der Waals surface area contributed by atoms with Crippen LogP contribution in [0.3, 0.4) is 0 Å². The first-order chi connectivity index (χ1) is 5.19. The van der Waals surface area contributed by atoms with Crippen LogP contribution in [0.4, 0.5) is 0 Å². The minimum atomic E-state index is -0.607. The second kappa shape index (κ2) is 2.19. The Morgan fingerprint density at radius 1 is 1.64 bits per heavy atom. The quantitative estimate of drug-likeness (QED) is 0.554. The van der Waals surface area contributed by atoms with Crippen molar-refractivity contribution in [3.63, 3.8) is 0 Å². The maximum absolute atomic E-state index is 9.66. The summed E-state index contributed by atoms with van der Waals surface area (Å²) in [5.41, 5.74) is -0.607. The van der Waals surface area contributed by atoms with E-state index in [-0.39, 0.29) is 12.5 Å². The monoisotopic (exact) mass is 158 g/mol. The lowest BCUT2D eigenvalue weighted by molar-refractivity contribution is -0.0937. The van der Waals surface area contributed by atoms with Crippen LogP contribution in [-0.2, 0) is 4.74 Å². The Morgan fingerprint density at radius 2 is 2.36 bits per heavy atom. The lowest BCUT2D eigenvalue weighted by Gasteiger charge is -2.27. The van der Waals surface area contributed by atoms with Gasteiger partial charge in [-0.15, -0.1) is 0 Å². The van der Waals surface area contributed by atoms with E-state index in [4.69, 9.17) is 9.84 Å². The lowest BCUT2D eigenvalue weighted by Crippen LogP contribution is -2.40. The van der Waals surface area contributed by atoms with Crippen molar-refractivity contribution in [1.29, 1.82) is 0 Å². The van der Waals surface area contributed by atoms with Crippen LogP contribution in [0.2, 0.25) is 0 Å². The normalized spacial score (nSPS) is 55.4. The Labute approximate surface area is 66.0 Å². The van der Waals surface area contributed by atoms with E-state index in [0.29, 0.717) is 12.5 Å². The predicted molar refractivity (Wildman–Crippen MR) is 39.0 cm³/mol. The second-order valence-electron chi connectivity index (χ2n) is 3.82. The van der Waals surface area contributed by atoms with Gasteiger partial charge in [0.15, 0.2) is 0 Å². The van der Waals surface area contributed by atoms with Gasteiger partial charge < -0.3 is 14.9 Å². The summed E-state index contributed by atoms with van der Waals surface area (Å²) < 4.78 is 5.37. The first kappa shape index (κ1) is 7.53. The van der Waals surface area contributed by atoms with E-state index in [1.807, 2.05) is 0 Å². The van der Waals surface area contributed by atoms with Crippen molar-refractivity contribution in [2.45, 2.75) is 25.0 Å². The molecule has 0 aromatic heterocycles. The highest BCUT2D eigenvalue weighted by molar-refractivity contribution is 5.06. The Bertz CT molecular complexity index is 171. The fourth-order valence-electron chi connectivity index (χ4n) is 2.38. The third-order valence-electron chi connectivity index (χ3n) is 3.17. The highest BCUT2D eigenvalue weighted by Crippen LogP contribution is 2.47. The second-order valence-corrected chi connectivity index (χ2v) is 3.82. The standard InChI is InChI=1S/C8H14O3/c1-5-2-8(4-9)7(10)6(5)3-11-8/h5-7,9-10H,2-4H2,1H3/t5?,6-,7+,8-/m1/s1. The molecule has 2 N–H and O–H groups in total. The number of rotatable bonds is 1. The molecule has 2 aliphatic rings. The summed E-state index contributed by atoms with van der Waals surface area (Å²) >= 11 is 0. The lowest BCUT2D eigenvalue weighted by atomic mass is 9.98. The summed E-state index contributed by atoms with van der Waals surface area (Å²) in [6, 6.07) is 0. The number of ether oxygens (including phenoxy) is 1. The van der Waals surface area contributed by atoms with Gasteiger partial charge >= 0.3 is 0 Å². The number of hydrogen-bond acceptors (Lipinski definition) is 3. The van der Waals surface area contributed by atoms with E-state index < -0.39 is 11.7 Å². The largest absolute Gasteiger partial charge is 0.393 e. The molecule has 0 amide bonds. The predicted octanol–water partition coefficient (Wildman–Crippen LogP) is -0.235. The fourth-order valence-corrected chi connectivity index (χ4v) is 2.38. The number of hydrogen-bond donors (Lipinski definition) is 2. The van der Waals surface area contributed by atoms with Crippen molar-refractivity contribution in [3.8, 4) is 0 Å². The van der Waals surface area contributed by atoms with Gasteiger partial charge in [0.25, 0.3) is 0 Å². The highest BCUT2D eigenvalue weighted by atomic mass is 16.5. The molecule has 1 saturated carbocycles. The molecule has 0 radical (unpaired) electrons. The first-order valence-corrected chi connectivity index (χ1v) is 4.12. The summed E-state index contributed by atoms with van der Waals surface area (Å²) in [5.74, 6) is 0.744. The average molecular weight is 158 g/mol. The van der Waals surface area contributed by atoms with Gasteiger partial charge in [0.1, 0.15) is 5.60 Å². The van der Waals surface area contributed by atoms with Gasteiger partial charge in [0, 0.05) is 5.92 Å². The molecule has 0 spiro atoms. The van der Waals surface area contributed by atoms with Crippen molar-refractivity contribution >= 4 is 0 Å². The number of aliphatic hydroxyl groups is 2. The third-order valence-corrected chi connectivity index (χ3v) is 3.17. The topological polar surface area (TPSA) is 49.7 Å². The zero-order valence-electron chi connectivity index (χ0n) is 6.66. The summed E-state index contributed by atoms with van der Waals surface area (Å²) in [6.45, 7) is 2.67. The number of aliphatic hydroxyl groups excluding tert-OH is 2. The van der Waals surface area contributed by atoms with Crippen LogP contribution in [0.15, 0.2) is 0 Å². The molecule has 4 atom stereocenters. The average Bonchev–Trinajstić information content (AvgIpc) is 2.42. The van der Waals surface area contributed by atoms with Gasteiger partial charge in [-0.05, 0) is 12.3 Å². The molecule has 0 aromatic rings. The fraction of sp³-hybridized carbons (Fsp3) is 1.00. The summed E-state index contributed by atoms with van der Waals surface area (Å²) in [5, 5.41) is 18.7.